The molecule has 2 aromatic heterocycles. The van der Waals surface area contributed by atoms with Gasteiger partial charge in [0.05, 0.1) is 38.1 Å². The molecule has 11 nitrogen and oxygen atoms in total. The van der Waals surface area contributed by atoms with Crippen LogP contribution >= 0.6 is 0 Å². The van der Waals surface area contributed by atoms with Gasteiger partial charge >= 0.3 is 0 Å². The highest BCUT2D eigenvalue weighted by atomic mass is 19.1. The first-order valence-corrected chi connectivity index (χ1v) is 15.6. The molecule has 5 heterocycles. The van der Waals surface area contributed by atoms with Gasteiger partial charge in [-0.3, -0.25) is 9.80 Å². The van der Waals surface area contributed by atoms with Gasteiger partial charge in [-0.2, -0.15) is 10.2 Å². The van der Waals surface area contributed by atoms with Crippen LogP contribution in [0.25, 0.3) is 11.3 Å². The molecule has 0 aliphatic carbocycles. The molecule has 1 N–H and O–H groups in total. The summed E-state index contributed by atoms with van der Waals surface area (Å²) < 4.78 is 47.0. The molecule has 2 unspecified atom stereocenters. The Morgan fingerprint density at radius 3 is 2.50 bits per heavy atom. The number of nitriles is 1. The van der Waals surface area contributed by atoms with Gasteiger partial charge in [-0.05, 0) is 57.5 Å². The molecule has 0 bridgehead atoms. The van der Waals surface area contributed by atoms with Gasteiger partial charge in [0.1, 0.15) is 41.3 Å². The predicted octanol–water partition coefficient (Wildman–Crippen LogP) is 4.41. The van der Waals surface area contributed by atoms with Crippen molar-refractivity contribution in [2.45, 2.75) is 51.0 Å². The van der Waals surface area contributed by atoms with E-state index in [0.29, 0.717) is 36.3 Å². The fourth-order valence-electron chi connectivity index (χ4n) is 6.06. The fourth-order valence-corrected chi connectivity index (χ4v) is 6.06. The molecular weight excluding hydrogens is 594 g/mol. The lowest BCUT2D eigenvalue weighted by molar-refractivity contribution is -0.0660. The summed E-state index contributed by atoms with van der Waals surface area (Å²) >= 11 is 0. The lowest BCUT2D eigenvalue weighted by Crippen LogP contribution is -2.56. The molecule has 3 aromatic rings. The van der Waals surface area contributed by atoms with Crippen LogP contribution in [0, 0.1) is 17.1 Å². The van der Waals surface area contributed by atoms with Crippen LogP contribution in [0.4, 0.5) is 26.2 Å². The maximum Gasteiger partial charge on any atom is 0.239 e. The first kappa shape index (κ1) is 31.8. The van der Waals surface area contributed by atoms with Gasteiger partial charge in [-0.1, -0.05) is 0 Å². The zero-order chi connectivity index (χ0) is 32.4. The number of hydrogen-bond acceptors (Lipinski definition) is 11. The Bertz CT molecular complexity index is 1580. The number of nitrogens with zero attached hydrogens (tertiary/aromatic N) is 7. The maximum atomic E-state index is 15.0. The van der Waals surface area contributed by atoms with Crippen LogP contribution in [0.15, 0.2) is 36.5 Å². The number of hydrogen-bond donors (Lipinski definition) is 1. The van der Waals surface area contributed by atoms with E-state index in [1.165, 1.54) is 6.07 Å². The number of ether oxygens (including phenoxy) is 3. The summed E-state index contributed by atoms with van der Waals surface area (Å²) in [5.74, 6) is 0.616. The molecule has 13 heteroatoms. The smallest absolute Gasteiger partial charge is 0.239 e. The number of anilines is 3. The van der Waals surface area contributed by atoms with Crippen molar-refractivity contribution in [1.29, 1.82) is 5.26 Å². The van der Waals surface area contributed by atoms with E-state index in [4.69, 9.17) is 14.2 Å². The van der Waals surface area contributed by atoms with Crippen molar-refractivity contribution in [3.8, 4) is 29.0 Å². The van der Waals surface area contributed by atoms with Crippen LogP contribution in [0.1, 0.15) is 32.8 Å². The topological polar surface area (TPSA) is 112 Å². The molecule has 3 saturated heterocycles. The first-order valence-electron chi connectivity index (χ1n) is 15.6. The third kappa shape index (κ3) is 6.84. The van der Waals surface area contributed by atoms with Crippen molar-refractivity contribution in [2.24, 2.45) is 0 Å². The summed E-state index contributed by atoms with van der Waals surface area (Å²) in [6, 6.07) is 11.0. The minimum absolute atomic E-state index is 0.000669. The third-order valence-corrected chi connectivity index (χ3v) is 8.89. The van der Waals surface area contributed by atoms with E-state index in [0.717, 1.165) is 51.3 Å². The molecule has 2 atom stereocenters. The number of halogens is 2. The number of nitrogens with one attached hydrogen (secondary N) is 1. The highest BCUT2D eigenvalue weighted by molar-refractivity contribution is 5.67. The summed E-state index contributed by atoms with van der Waals surface area (Å²) in [4.78, 5) is 19.9. The monoisotopic (exact) mass is 634 g/mol. The van der Waals surface area contributed by atoms with Gasteiger partial charge in [0.2, 0.25) is 11.8 Å². The molecule has 6 rings (SSSR count). The van der Waals surface area contributed by atoms with Crippen molar-refractivity contribution in [1.82, 2.24) is 24.8 Å². The Balaban J connectivity index is 1.14. The van der Waals surface area contributed by atoms with E-state index in [1.54, 1.807) is 25.3 Å². The van der Waals surface area contributed by atoms with E-state index < -0.39 is 18.1 Å². The quantitative estimate of drug-likeness (QED) is 0.380. The Labute approximate surface area is 268 Å². The second-order valence-electron chi connectivity index (χ2n) is 12.9. The number of piperidine rings is 1. The molecule has 0 saturated carbocycles. The predicted molar refractivity (Wildman–Crippen MR) is 170 cm³/mol. The van der Waals surface area contributed by atoms with E-state index in [1.807, 2.05) is 6.07 Å². The van der Waals surface area contributed by atoms with Crippen LogP contribution in [0.2, 0.25) is 0 Å². The van der Waals surface area contributed by atoms with E-state index >= 15 is 4.39 Å². The van der Waals surface area contributed by atoms with E-state index in [9.17, 15) is 9.65 Å². The van der Waals surface area contributed by atoms with Gasteiger partial charge in [0.25, 0.3) is 0 Å². The normalized spacial score (nSPS) is 21.4. The van der Waals surface area contributed by atoms with Crippen molar-refractivity contribution in [2.75, 3.05) is 69.8 Å². The Morgan fingerprint density at radius 1 is 1.07 bits per heavy atom. The zero-order valence-electron chi connectivity index (χ0n) is 26.7. The molecule has 0 radical (unpaired) electrons. The average molecular weight is 635 g/mol. The SMILES string of the molecule is COc1nc(Nc2ncc(F)c(-c3ccc(OC4CCN(C(C)(C)C)CC4F)c(C#N)c3)n2)ccc1N1CCN(C2COC2)CC1. The number of piperazine rings is 1. The molecule has 3 fully saturated rings. The molecule has 46 heavy (non-hydrogen) atoms. The number of methoxy groups -OCH3 is 1. The molecule has 1 aromatic carbocycles. The maximum absolute atomic E-state index is 15.0. The largest absolute Gasteiger partial charge is 0.486 e. The van der Waals surface area contributed by atoms with Crippen molar-refractivity contribution >= 4 is 17.5 Å². The van der Waals surface area contributed by atoms with Crippen LogP contribution in [-0.2, 0) is 4.74 Å². The van der Waals surface area contributed by atoms with Gasteiger partial charge in [0, 0.05) is 50.4 Å². The lowest BCUT2D eigenvalue weighted by atomic mass is 9.98. The van der Waals surface area contributed by atoms with Gasteiger partial charge in [-0.15, -0.1) is 0 Å². The summed E-state index contributed by atoms with van der Waals surface area (Å²) in [7, 11) is 1.58. The third-order valence-electron chi connectivity index (χ3n) is 8.89. The number of likely N-dealkylation sites (tertiary alicyclic amines) is 1. The Morgan fingerprint density at radius 2 is 1.85 bits per heavy atom. The summed E-state index contributed by atoms with van der Waals surface area (Å²) in [6.45, 7) is 12.3. The highest BCUT2D eigenvalue weighted by Gasteiger charge is 2.36. The Kier molecular flexibility index (Phi) is 9.22. The second-order valence-corrected chi connectivity index (χ2v) is 12.9. The number of pyridine rings is 1. The number of alkyl halides is 1. The fraction of sp³-hybridized carbons (Fsp3) is 0.515. The van der Waals surface area contributed by atoms with Crippen molar-refractivity contribution in [3.05, 3.63) is 47.9 Å². The standard InChI is InChI=1S/C33H40F2N8O3/c1-33(2,3)43-10-9-28(25(35)18-43)46-27-7-5-21(15-22(27)16-36)30-24(34)17-37-32(40-30)39-29-8-6-26(31(38-29)44-4)42-13-11-41(12-14-42)23-19-45-20-23/h5-8,15,17,23,25,28H,9-14,18-20H2,1-4H3,(H,37,38,39,40). The van der Waals surface area contributed by atoms with Crippen LogP contribution in [-0.4, -0.2) is 108 Å². The summed E-state index contributed by atoms with van der Waals surface area (Å²) in [6.07, 6.45) is -0.319. The minimum atomic E-state index is -1.20. The van der Waals surface area contributed by atoms with E-state index in [-0.39, 0.29) is 35.0 Å². The van der Waals surface area contributed by atoms with E-state index in [2.05, 4.69) is 61.8 Å². The average Bonchev–Trinajstić information content (AvgIpc) is 3.02. The molecule has 0 amide bonds. The summed E-state index contributed by atoms with van der Waals surface area (Å²) in [5, 5.41) is 12.9. The van der Waals surface area contributed by atoms with Crippen molar-refractivity contribution in [3.63, 3.8) is 0 Å². The van der Waals surface area contributed by atoms with Crippen LogP contribution < -0.4 is 19.7 Å². The molecule has 244 valence electrons. The second kappa shape index (κ2) is 13.3. The highest BCUT2D eigenvalue weighted by Crippen LogP contribution is 2.33. The number of rotatable bonds is 8. The zero-order valence-corrected chi connectivity index (χ0v) is 26.7. The Hall–Kier alpha value is -4.12. The summed E-state index contributed by atoms with van der Waals surface area (Å²) in [5.41, 5.74) is 1.28. The van der Waals surface area contributed by atoms with Gasteiger partial charge in [-0.25, -0.2) is 18.7 Å². The minimum Gasteiger partial charge on any atom is -0.486 e. The van der Waals surface area contributed by atoms with Crippen molar-refractivity contribution < 1.29 is 23.0 Å². The molecule has 3 aliphatic heterocycles. The van der Waals surface area contributed by atoms with Crippen LogP contribution in [0.3, 0.4) is 0 Å². The van der Waals surface area contributed by atoms with Gasteiger partial charge < -0.3 is 24.4 Å². The van der Waals surface area contributed by atoms with Crippen LogP contribution in [0.5, 0.6) is 11.6 Å². The number of aromatic nitrogens is 3. The molecule has 0 spiro atoms. The lowest BCUT2D eigenvalue weighted by Gasteiger charge is -2.43. The first-order chi connectivity index (χ1) is 22.1. The van der Waals surface area contributed by atoms with Gasteiger partial charge in [0.15, 0.2) is 5.82 Å². The molecule has 3 aliphatic rings. The number of benzene rings is 1. The molecular formula is C33H40F2N8O3.